The zero-order valence-electron chi connectivity index (χ0n) is 7.61. The molecule has 1 aromatic carbocycles. The molecule has 3 heteroatoms. The van der Waals surface area contributed by atoms with Gasteiger partial charge in [0.25, 0.3) is 0 Å². The van der Waals surface area contributed by atoms with Crippen molar-refractivity contribution >= 4 is 11.6 Å². The van der Waals surface area contributed by atoms with Crippen molar-refractivity contribution in [1.29, 1.82) is 0 Å². The normalized spacial score (nSPS) is 10.4. The lowest BCUT2D eigenvalue weighted by Gasteiger charge is -1.94. The summed E-state index contributed by atoms with van der Waals surface area (Å²) in [5, 5.41) is 0. The summed E-state index contributed by atoms with van der Waals surface area (Å²) in [6.07, 6.45) is 2.32. The standard InChI is InChI=1S/C11H10ClNO/c12-7-10-8-14-11(13-10)6-9-4-2-1-3-5-9/h1-5,8H,6-7H2. The van der Waals surface area contributed by atoms with Crippen molar-refractivity contribution in [2.24, 2.45) is 0 Å². The van der Waals surface area contributed by atoms with Crippen LogP contribution in [0.1, 0.15) is 17.1 Å². The molecule has 0 amide bonds. The van der Waals surface area contributed by atoms with Gasteiger partial charge in [-0.1, -0.05) is 30.3 Å². The van der Waals surface area contributed by atoms with Crippen molar-refractivity contribution in [1.82, 2.24) is 4.98 Å². The van der Waals surface area contributed by atoms with Crippen molar-refractivity contribution in [3.8, 4) is 0 Å². The fourth-order valence-electron chi connectivity index (χ4n) is 1.26. The van der Waals surface area contributed by atoms with Gasteiger partial charge >= 0.3 is 0 Å². The Morgan fingerprint density at radius 2 is 2.00 bits per heavy atom. The van der Waals surface area contributed by atoms with Gasteiger partial charge in [0.1, 0.15) is 6.26 Å². The van der Waals surface area contributed by atoms with Crippen LogP contribution < -0.4 is 0 Å². The fourth-order valence-corrected chi connectivity index (χ4v) is 1.38. The molecule has 2 rings (SSSR count). The van der Waals surface area contributed by atoms with Crippen molar-refractivity contribution < 1.29 is 4.42 Å². The predicted molar refractivity (Wildman–Crippen MR) is 55.3 cm³/mol. The first-order valence-electron chi connectivity index (χ1n) is 4.41. The fraction of sp³-hybridized carbons (Fsp3) is 0.182. The lowest BCUT2D eigenvalue weighted by Crippen LogP contribution is -1.88. The molecule has 0 N–H and O–H groups in total. The van der Waals surface area contributed by atoms with Gasteiger partial charge in [-0.25, -0.2) is 4.98 Å². The van der Waals surface area contributed by atoms with E-state index in [4.69, 9.17) is 16.0 Å². The number of oxazole rings is 1. The molecule has 0 fully saturated rings. The number of hydrogen-bond acceptors (Lipinski definition) is 2. The third kappa shape index (κ3) is 2.15. The molecule has 0 spiro atoms. The summed E-state index contributed by atoms with van der Waals surface area (Å²) in [6, 6.07) is 10.1. The lowest BCUT2D eigenvalue weighted by atomic mass is 10.1. The van der Waals surface area contributed by atoms with E-state index in [-0.39, 0.29) is 0 Å². The zero-order chi connectivity index (χ0) is 9.80. The van der Waals surface area contributed by atoms with E-state index in [1.807, 2.05) is 30.3 Å². The summed E-state index contributed by atoms with van der Waals surface area (Å²) in [5.41, 5.74) is 1.98. The SMILES string of the molecule is ClCc1coc(Cc2ccccc2)n1. The summed E-state index contributed by atoms with van der Waals surface area (Å²) in [7, 11) is 0. The molecular weight excluding hydrogens is 198 g/mol. The van der Waals surface area contributed by atoms with Crippen LogP contribution in [-0.4, -0.2) is 4.98 Å². The van der Waals surface area contributed by atoms with Gasteiger partial charge in [-0.3, -0.25) is 0 Å². The van der Waals surface area contributed by atoms with Crippen molar-refractivity contribution in [2.75, 3.05) is 0 Å². The highest BCUT2D eigenvalue weighted by Crippen LogP contribution is 2.10. The largest absolute Gasteiger partial charge is 0.448 e. The van der Waals surface area contributed by atoms with Gasteiger partial charge < -0.3 is 4.42 Å². The maximum atomic E-state index is 5.62. The van der Waals surface area contributed by atoms with Gasteiger partial charge in [-0.05, 0) is 5.56 Å². The molecule has 2 nitrogen and oxygen atoms in total. The zero-order valence-corrected chi connectivity index (χ0v) is 8.37. The first kappa shape index (κ1) is 9.28. The number of aromatic nitrogens is 1. The molecular formula is C11H10ClNO. The second kappa shape index (κ2) is 4.29. The molecule has 0 saturated carbocycles. The van der Waals surface area contributed by atoms with Gasteiger partial charge in [0.05, 0.1) is 11.6 Å². The van der Waals surface area contributed by atoms with E-state index in [0.29, 0.717) is 11.8 Å². The molecule has 72 valence electrons. The Labute approximate surface area is 87.5 Å². The first-order chi connectivity index (χ1) is 6.88. The maximum Gasteiger partial charge on any atom is 0.198 e. The van der Waals surface area contributed by atoms with Gasteiger partial charge in [0, 0.05) is 6.42 Å². The number of hydrogen-bond donors (Lipinski definition) is 0. The van der Waals surface area contributed by atoms with Crippen LogP contribution in [-0.2, 0) is 12.3 Å². The van der Waals surface area contributed by atoms with Crippen LogP contribution in [0.4, 0.5) is 0 Å². The average molecular weight is 208 g/mol. The van der Waals surface area contributed by atoms with Gasteiger partial charge in [-0.15, -0.1) is 11.6 Å². The van der Waals surface area contributed by atoms with Gasteiger partial charge in [0.15, 0.2) is 5.89 Å². The number of halogens is 1. The van der Waals surface area contributed by atoms with Crippen LogP contribution in [0.5, 0.6) is 0 Å². The van der Waals surface area contributed by atoms with Crippen molar-refractivity contribution in [2.45, 2.75) is 12.3 Å². The molecule has 0 saturated heterocycles. The minimum atomic E-state index is 0.401. The monoisotopic (exact) mass is 207 g/mol. The van der Waals surface area contributed by atoms with Crippen LogP contribution >= 0.6 is 11.6 Å². The summed E-state index contributed by atoms with van der Waals surface area (Å²) in [5.74, 6) is 1.12. The molecule has 0 radical (unpaired) electrons. The predicted octanol–water partition coefficient (Wildman–Crippen LogP) is 3.00. The summed E-state index contributed by atoms with van der Waals surface area (Å²) < 4.78 is 5.26. The Morgan fingerprint density at radius 3 is 2.64 bits per heavy atom. The molecule has 0 unspecified atom stereocenters. The quantitative estimate of drug-likeness (QED) is 0.724. The van der Waals surface area contributed by atoms with Crippen LogP contribution in [0.25, 0.3) is 0 Å². The molecule has 0 bridgehead atoms. The first-order valence-corrected chi connectivity index (χ1v) is 4.95. The molecule has 2 aromatic rings. The Hall–Kier alpha value is -1.28. The van der Waals surface area contributed by atoms with E-state index in [2.05, 4.69) is 4.98 Å². The number of benzene rings is 1. The van der Waals surface area contributed by atoms with E-state index < -0.39 is 0 Å². The minimum absolute atomic E-state index is 0.401. The highest BCUT2D eigenvalue weighted by atomic mass is 35.5. The van der Waals surface area contributed by atoms with Crippen LogP contribution in [0.2, 0.25) is 0 Å². The Morgan fingerprint density at radius 1 is 1.21 bits per heavy atom. The smallest absolute Gasteiger partial charge is 0.198 e. The maximum absolute atomic E-state index is 5.62. The van der Waals surface area contributed by atoms with Crippen LogP contribution in [0.3, 0.4) is 0 Å². The van der Waals surface area contributed by atoms with Gasteiger partial charge in [0.2, 0.25) is 0 Å². The van der Waals surface area contributed by atoms with Crippen LogP contribution in [0, 0.1) is 0 Å². The molecule has 14 heavy (non-hydrogen) atoms. The Balaban J connectivity index is 2.11. The lowest BCUT2D eigenvalue weighted by molar-refractivity contribution is 0.506. The summed E-state index contributed by atoms with van der Waals surface area (Å²) in [6.45, 7) is 0. The minimum Gasteiger partial charge on any atom is -0.448 e. The highest BCUT2D eigenvalue weighted by Gasteiger charge is 2.03. The van der Waals surface area contributed by atoms with E-state index in [9.17, 15) is 0 Å². The molecule has 0 aliphatic rings. The second-order valence-electron chi connectivity index (χ2n) is 3.03. The Bertz CT molecular complexity index is 397. The Kier molecular flexibility index (Phi) is 2.84. The van der Waals surface area contributed by atoms with E-state index in [0.717, 1.165) is 12.1 Å². The third-order valence-electron chi connectivity index (χ3n) is 1.93. The molecule has 1 heterocycles. The average Bonchev–Trinajstić information content (AvgIpc) is 2.67. The summed E-state index contributed by atoms with van der Waals surface area (Å²) >= 11 is 5.62. The third-order valence-corrected chi connectivity index (χ3v) is 2.21. The summed E-state index contributed by atoms with van der Waals surface area (Å²) in [4.78, 5) is 4.23. The van der Waals surface area contributed by atoms with Crippen molar-refractivity contribution in [3.05, 3.63) is 53.7 Å². The molecule has 0 aliphatic carbocycles. The molecule has 1 aromatic heterocycles. The number of alkyl halides is 1. The van der Waals surface area contributed by atoms with E-state index in [1.165, 1.54) is 5.56 Å². The molecule has 0 atom stereocenters. The van der Waals surface area contributed by atoms with Crippen LogP contribution in [0.15, 0.2) is 41.0 Å². The topological polar surface area (TPSA) is 26.0 Å². The van der Waals surface area contributed by atoms with Crippen molar-refractivity contribution in [3.63, 3.8) is 0 Å². The number of rotatable bonds is 3. The highest BCUT2D eigenvalue weighted by molar-refractivity contribution is 6.16. The van der Waals surface area contributed by atoms with E-state index >= 15 is 0 Å². The molecule has 0 aliphatic heterocycles. The van der Waals surface area contributed by atoms with E-state index in [1.54, 1.807) is 6.26 Å². The number of nitrogens with zero attached hydrogens (tertiary/aromatic N) is 1. The van der Waals surface area contributed by atoms with Gasteiger partial charge in [-0.2, -0.15) is 0 Å². The second-order valence-corrected chi connectivity index (χ2v) is 3.30.